The first-order valence-electron chi connectivity index (χ1n) is 5.39. The SMILES string of the molecule is OCc1cc(F)cc(F)c1-c1cccc(CCl)c1. The van der Waals surface area contributed by atoms with E-state index in [0.29, 0.717) is 11.4 Å². The van der Waals surface area contributed by atoms with Crippen LogP contribution in [-0.2, 0) is 12.5 Å². The van der Waals surface area contributed by atoms with Gasteiger partial charge in [-0.25, -0.2) is 8.78 Å². The van der Waals surface area contributed by atoms with Gasteiger partial charge >= 0.3 is 0 Å². The summed E-state index contributed by atoms with van der Waals surface area (Å²) in [4.78, 5) is 0. The Bertz CT molecular complexity index is 570. The van der Waals surface area contributed by atoms with E-state index >= 15 is 0 Å². The van der Waals surface area contributed by atoms with Gasteiger partial charge in [-0.15, -0.1) is 11.6 Å². The molecule has 94 valence electrons. The minimum atomic E-state index is -0.700. The van der Waals surface area contributed by atoms with Crippen LogP contribution >= 0.6 is 11.6 Å². The van der Waals surface area contributed by atoms with E-state index in [0.717, 1.165) is 17.7 Å². The Morgan fingerprint density at radius 1 is 1.11 bits per heavy atom. The minimum Gasteiger partial charge on any atom is -0.392 e. The summed E-state index contributed by atoms with van der Waals surface area (Å²) in [6, 6.07) is 8.93. The first-order chi connectivity index (χ1) is 8.65. The van der Waals surface area contributed by atoms with Crippen LogP contribution in [-0.4, -0.2) is 5.11 Å². The molecule has 0 amide bonds. The normalized spacial score (nSPS) is 10.7. The molecule has 1 N–H and O–H groups in total. The van der Waals surface area contributed by atoms with Crippen LogP contribution in [0.25, 0.3) is 11.1 Å². The second-order valence-corrected chi connectivity index (χ2v) is 4.18. The average Bonchev–Trinajstić information content (AvgIpc) is 2.37. The number of aliphatic hydroxyl groups excluding tert-OH is 1. The Hall–Kier alpha value is -1.45. The van der Waals surface area contributed by atoms with Gasteiger partial charge in [-0.3, -0.25) is 0 Å². The molecule has 0 aromatic heterocycles. The summed E-state index contributed by atoms with van der Waals surface area (Å²) in [6.45, 7) is -0.422. The molecule has 2 aromatic carbocycles. The number of aliphatic hydroxyl groups is 1. The van der Waals surface area contributed by atoms with E-state index in [4.69, 9.17) is 11.6 Å². The number of rotatable bonds is 3. The summed E-state index contributed by atoms with van der Waals surface area (Å²) in [5, 5.41) is 9.20. The van der Waals surface area contributed by atoms with Crippen LogP contribution in [0.4, 0.5) is 8.78 Å². The lowest BCUT2D eigenvalue weighted by Crippen LogP contribution is -1.96. The highest BCUT2D eigenvalue weighted by Gasteiger charge is 2.13. The van der Waals surface area contributed by atoms with Gasteiger partial charge < -0.3 is 5.11 Å². The molecule has 0 aliphatic rings. The maximum atomic E-state index is 13.8. The van der Waals surface area contributed by atoms with E-state index in [-0.39, 0.29) is 11.1 Å². The van der Waals surface area contributed by atoms with Crippen molar-refractivity contribution in [2.75, 3.05) is 0 Å². The Kier molecular flexibility index (Phi) is 3.94. The molecule has 2 rings (SSSR count). The van der Waals surface area contributed by atoms with Crippen molar-refractivity contribution in [1.82, 2.24) is 0 Å². The smallest absolute Gasteiger partial charge is 0.134 e. The molecule has 0 fully saturated rings. The molecule has 1 nitrogen and oxygen atoms in total. The molecule has 0 radical (unpaired) electrons. The zero-order valence-electron chi connectivity index (χ0n) is 9.46. The van der Waals surface area contributed by atoms with Crippen molar-refractivity contribution in [3.8, 4) is 11.1 Å². The molecule has 4 heteroatoms. The quantitative estimate of drug-likeness (QED) is 0.838. The highest BCUT2D eigenvalue weighted by Crippen LogP contribution is 2.29. The monoisotopic (exact) mass is 268 g/mol. The molecule has 0 aliphatic heterocycles. The van der Waals surface area contributed by atoms with Crippen LogP contribution in [0.5, 0.6) is 0 Å². The Morgan fingerprint density at radius 2 is 1.89 bits per heavy atom. The van der Waals surface area contributed by atoms with Crippen molar-refractivity contribution in [2.45, 2.75) is 12.5 Å². The molecular formula is C14H11ClF2O. The minimum absolute atomic E-state index is 0.214. The van der Waals surface area contributed by atoms with Crippen LogP contribution in [0.1, 0.15) is 11.1 Å². The Balaban J connectivity index is 2.62. The van der Waals surface area contributed by atoms with Crippen LogP contribution in [0, 0.1) is 11.6 Å². The maximum absolute atomic E-state index is 13.8. The predicted octanol–water partition coefficient (Wildman–Crippen LogP) is 3.86. The Labute approximate surface area is 109 Å². The highest BCUT2D eigenvalue weighted by molar-refractivity contribution is 6.17. The molecule has 0 saturated heterocycles. The van der Waals surface area contributed by atoms with Crippen LogP contribution in [0.2, 0.25) is 0 Å². The molecule has 0 bridgehead atoms. The van der Waals surface area contributed by atoms with Gasteiger partial charge in [0.15, 0.2) is 0 Å². The van der Waals surface area contributed by atoms with Gasteiger partial charge in [0.2, 0.25) is 0 Å². The molecule has 0 unspecified atom stereocenters. The predicted molar refractivity (Wildman–Crippen MR) is 67.3 cm³/mol. The van der Waals surface area contributed by atoms with Gasteiger partial charge in [-0.2, -0.15) is 0 Å². The first kappa shape index (κ1) is 13.0. The van der Waals surface area contributed by atoms with Crippen molar-refractivity contribution < 1.29 is 13.9 Å². The molecule has 0 aliphatic carbocycles. The first-order valence-corrected chi connectivity index (χ1v) is 5.93. The van der Waals surface area contributed by atoms with Gasteiger partial charge in [-0.05, 0) is 28.8 Å². The van der Waals surface area contributed by atoms with Gasteiger partial charge in [-0.1, -0.05) is 18.2 Å². The summed E-state index contributed by atoms with van der Waals surface area (Å²) in [6.07, 6.45) is 0. The molecule has 0 spiro atoms. The second kappa shape index (κ2) is 5.46. The van der Waals surface area contributed by atoms with E-state index < -0.39 is 18.2 Å². The van der Waals surface area contributed by atoms with Crippen molar-refractivity contribution in [1.29, 1.82) is 0 Å². The molecule has 0 atom stereocenters. The number of alkyl halides is 1. The zero-order valence-corrected chi connectivity index (χ0v) is 10.2. The van der Waals surface area contributed by atoms with Crippen LogP contribution in [0.3, 0.4) is 0 Å². The standard InChI is InChI=1S/C14H11ClF2O/c15-7-9-2-1-3-10(4-9)14-11(8-18)5-12(16)6-13(14)17/h1-6,18H,7-8H2. The lowest BCUT2D eigenvalue weighted by Gasteiger charge is -2.10. The lowest BCUT2D eigenvalue weighted by atomic mass is 9.98. The van der Waals surface area contributed by atoms with Crippen LogP contribution < -0.4 is 0 Å². The van der Waals surface area contributed by atoms with Crippen LogP contribution in [0.15, 0.2) is 36.4 Å². The third-order valence-corrected chi connectivity index (χ3v) is 2.99. The van der Waals surface area contributed by atoms with Gasteiger partial charge in [0.25, 0.3) is 0 Å². The zero-order chi connectivity index (χ0) is 13.1. The van der Waals surface area contributed by atoms with Crippen molar-refractivity contribution >= 4 is 11.6 Å². The molecular weight excluding hydrogens is 258 g/mol. The van der Waals surface area contributed by atoms with E-state index in [2.05, 4.69) is 0 Å². The Morgan fingerprint density at radius 3 is 2.56 bits per heavy atom. The maximum Gasteiger partial charge on any atom is 0.134 e. The number of halogens is 3. The van der Waals surface area contributed by atoms with Crippen molar-refractivity contribution in [3.63, 3.8) is 0 Å². The third kappa shape index (κ3) is 2.52. The summed E-state index contributed by atoms with van der Waals surface area (Å²) < 4.78 is 26.9. The fraction of sp³-hybridized carbons (Fsp3) is 0.143. The van der Waals surface area contributed by atoms with E-state index in [1.54, 1.807) is 18.2 Å². The van der Waals surface area contributed by atoms with E-state index in [1.165, 1.54) is 0 Å². The van der Waals surface area contributed by atoms with Gasteiger partial charge in [0.1, 0.15) is 11.6 Å². The molecule has 0 heterocycles. The number of benzene rings is 2. The van der Waals surface area contributed by atoms with E-state index in [1.807, 2.05) is 6.07 Å². The van der Waals surface area contributed by atoms with Crippen molar-refractivity contribution in [2.24, 2.45) is 0 Å². The molecule has 0 saturated carbocycles. The summed E-state index contributed by atoms with van der Waals surface area (Å²) >= 11 is 5.72. The topological polar surface area (TPSA) is 20.2 Å². The van der Waals surface area contributed by atoms with Gasteiger partial charge in [0, 0.05) is 17.5 Å². The second-order valence-electron chi connectivity index (χ2n) is 3.91. The van der Waals surface area contributed by atoms with Gasteiger partial charge in [0.05, 0.1) is 6.61 Å². The fourth-order valence-electron chi connectivity index (χ4n) is 1.88. The lowest BCUT2D eigenvalue weighted by molar-refractivity contribution is 0.281. The third-order valence-electron chi connectivity index (χ3n) is 2.68. The molecule has 18 heavy (non-hydrogen) atoms. The summed E-state index contributed by atoms with van der Waals surface area (Å²) in [7, 11) is 0. The molecule has 2 aromatic rings. The number of hydrogen-bond donors (Lipinski definition) is 1. The largest absolute Gasteiger partial charge is 0.392 e. The van der Waals surface area contributed by atoms with Crippen molar-refractivity contribution in [3.05, 3.63) is 59.2 Å². The van der Waals surface area contributed by atoms with E-state index in [9.17, 15) is 13.9 Å². The fourth-order valence-corrected chi connectivity index (χ4v) is 2.05. The average molecular weight is 269 g/mol. The highest BCUT2D eigenvalue weighted by atomic mass is 35.5. The summed E-state index contributed by atoms with van der Waals surface area (Å²) in [5.74, 6) is -1.08. The summed E-state index contributed by atoms with van der Waals surface area (Å²) in [5.41, 5.74) is 1.85. The number of hydrogen-bond acceptors (Lipinski definition) is 1.